The first kappa shape index (κ1) is 70.5. The van der Waals surface area contributed by atoms with Crippen molar-refractivity contribution in [2.75, 3.05) is 32.9 Å². The molecule has 2 rings (SSSR count). The molecule has 18 nitrogen and oxygen atoms in total. The summed E-state index contributed by atoms with van der Waals surface area (Å²) in [5.74, 6) is -3.63. The van der Waals surface area contributed by atoms with Crippen molar-refractivity contribution in [3.63, 3.8) is 0 Å². The van der Waals surface area contributed by atoms with E-state index in [4.69, 9.17) is 9.47 Å². The molecule has 452 valence electrons. The van der Waals surface area contributed by atoms with E-state index < -0.39 is 65.3 Å². The van der Waals surface area contributed by atoms with Crippen molar-refractivity contribution >= 4 is 56.8 Å². The molecule has 0 aliphatic carbocycles. The molecule has 0 radical (unpaired) electrons. The average molecular weight is 1130 g/mol. The Hall–Kier alpha value is -4.59. The highest BCUT2D eigenvalue weighted by atomic mass is 32.3. The van der Waals surface area contributed by atoms with Crippen LogP contribution in [-0.4, -0.2) is 111 Å². The number of esters is 1. The summed E-state index contributed by atoms with van der Waals surface area (Å²) < 4.78 is 49.3. The lowest BCUT2D eigenvalue weighted by atomic mass is 9.98. The van der Waals surface area contributed by atoms with Gasteiger partial charge in [0, 0.05) is 42.9 Å². The Kier molecular flexibility index (Phi) is 39.4. The van der Waals surface area contributed by atoms with Crippen molar-refractivity contribution in [3.8, 4) is 0 Å². The Labute approximate surface area is 474 Å². The lowest BCUT2D eigenvalue weighted by Crippen LogP contribution is -2.56. The Morgan fingerprint density at radius 2 is 1.16 bits per heavy atom. The minimum absolute atomic E-state index is 0.00167. The third kappa shape index (κ3) is 35.0. The number of hydrogen-bond acceptors (Lipinski definition) is 11. The number of benzene rings is 1. The summed E-state index contributed by atoms with van der Waals surface area (Å²) in [5, 5.41) is 14.1. The molecular formula is C60H104N6O12S. The first-order chi connectivity index (χ1) is 38.1. The first-order valence-electron chi connectivity index (χ1n) is 30.5. The van der Waals surface area contributed by atoms with Crippen LogP contribution in [0.1, 0.15) is 233 Å². The number of H-pyrrole nitrogens is 1. The molecule has 1 heterocycles. The number of unbranched alkanes of at least 4 members (excludes halogenated alkanes) is 22. The van der Waals surface area contributed by atoms with Crippen molar-refractivity contribution in [1.82, 2.24) is 31.6 Å². The Balaban J connectivity index is 2.09. The van der Waals surface area contributed by atoms with Gasteiger partial charge in [-0.25, -0.2) is 4.18 Å². The minimum atomic E-state index is -5.05. The molecule has 0 saturated carbocycles. The molecule has 7 N–H and O–H groups in total. The van der Waals surface area contributed by atoms with E-state index in [0.29, 0.717) is 32.1 Å². The lowest BCUT2D eigenvalue weighted by Gasteiger charge is -2.24. The van der Waals surface area contributed by atoms with Gasteiger partial charge in [0.1, 0.15) is 18.2 Å². The molecule has 0 saturated heterocycles. The molecule has 79 heavy (non-hydrogen) atoms. The van der Waals surface area contributed by atoms with E-state index in [2.05, 4.69) is 56.5 Å². The second kappa shape index (κ2) is 44.1. The quantitative estimate of drug-likeness (QED) is 0.0185. The van der Waals surface area contributed by atoms with Crippen molar-refractivity contribution in [3.05, 3.63) is 36.0 Å². The van der Waals surface area contributed by atoms with Crippen LogP contribution in [0, 0.1) is 5.92 Å². The molecule has 0 spiro atoms. The zero-order valence-electron chi connectivity index (χ0n) is 49.1. The smallest absolute Gasteiger partial charge is 0.397 e. The third-order valence-electron chi connectivity index (χ3n) is 14.5. The SMILES string of the molecule is CCCCCCCCCCCCCC(=O)N[C@@H](CNC(=O)[C@H](COS(=O)(=O)O)NC(=O)CNC(=O)[C@@H](NC(=O)Cc1c[nH]c2ccccc12)[C@@H](C)CC)COCC[C@@H](CCCCCCC)OC(=O)CCCCCCCCCCC. The van der Waals surface area contributed by atoms with E-state index in [0.717, 1.165) is 87.1 Å². The molecule has 19 heteroatoms. The van der Waals surface area contributed by atoms with Crippen LogP contribution in [0.5, 0.6) is 0 Å². The van der Waals surface area contributed by atoms with Gasteiger partial charge in [0.05, 0.1) is 38.8 Å². The Bertz CT molecular complexity index is 2100. The fraction of sp³-hybridized carbons (Fsp3) is 0.767. The predicted octanol–water partition coefficient (Wildman–Crippen LogP) is 10.6. The van der Waals surface area contributed by atoms with E-state index in [1.54, 1.807) is 13.1 Å². The van der Waals surface area contributed by atoms with Crippen molar-refractivity contribution < 1.29 is 55.4 Å². The highest BCUT2D eigenvalue weighted by Crippen LogP contribution is 2.20. The molecule has 5 atom stereocenters. The lowest BCUT2D eigenvalue weighted by molar-refractivity contribution is -0.150. The van der Waals surface area contributed by atoms with Gasteiger partial charge in [0.15, 0.2) is 0 Å². The molecule has 1 aromatic carbocycles. The van der Waals surface area contributed by atoms with Gasteiger partial charge in [-0.2, -0.15) is 8.42 Å². The summed E-state index contributed by atoms with van der Waals surface area (Å²) >= 11 is 0. The molecule has 0 bridgehead atoms. The summed E-state index contributed by atoms with van der Waals surface area (Å²) in [6.45, 7) is 8.58. The topological polar surface area (TPSA) is 260 Å². The van der Waals surface area contributed by atoms with Crippen LogP contribution in [0.25, 0.3) is 10.9 Å². The van der Waals surface area contributed by atoms with E-state index in [1.807, 2.05) is 31.2 Å². The number of aromatic nitrogens is 1. The second-order valence-corrected chi connectivity index (χ2v) is 22.7. The largest absolute Gasteiger partial charge is 0.462 e. The van der Waals surface area contributed by atoms with Gasteiger partial charge >= 0.3 is 16.4 Å². The van der Waals surface area contributed by atoms with Gasteiger partial charge in [0.2, 0.25) is 29.5 Å². The van der Waals surface area contributed by atoms with Gasteiger partial charge in [0.25, 0.3) is 0 Å². The number of para-hydroxylation sites is 1. The number of hydrogen-bond donors (Lipinski definition) is 7. The van der Waals surface area contributed by atoms with Gasteiger partial charge in [-0.05, 0) is 43.2 Å². The van der Waals surface area contributed by atoms with Crippen LogP contribution < -0.4 is 26.6 Å². The summed E-state index contributed by atoms with van der Waals surface area (Å²) in [7, 11) is -5.05. The number of fused-ring (bicyclic) bond motifs is 1. The summed E-state index contributed by atoms with van der Waals surface area (Å²) in [6.07, 6.45) is 31.8. The number of rotatable bonds is 50. The van der Waals surface area contributed by atoms with Gasteiger partial charge in [-0.1, -0.05) is 200 Å². The zero-order chi connectivity index (χ0) is 57.9. The van der Waals surface area contributed by atoms with Crippen molar-refractivity contribution in [2.24, 2.45) is 5.92 Å². The molecule has 1 aromatic heterocycles. The van der Waals surface area contributed by atoms with E-state index >= 15 is 0 Å². The Morgan fingerprint density at radius 1 is 0.608 bits per heavy atom. The maximum atomic E-state index is 13.7. The minimum Gasteiger partial charge on any atom is -0.462 e. The maximum absolute atomic E-state index is 13.7. The van der Waals surface area contributed by atoms with Crippen LogP contribution in [0.3, 0.4) is 0 Å². The number of ether oxygens (including phenoxy) is 2. The number of amides is 5. The molecule has 0 fully saturated rings. The average Bonchev–Trinajstić information content (AvgIpc) is 3.83. The standard InChI is InChI=1S/C60H104N6O12S/c1-6-10-13-16-18-20-21-23-24-27-30-37-54(67)64-49(45-76-40-39-50(34-29-26-15-12-8-3)78-57(70)38-31-28-25-22-19-17-14-11-7-2)43-62-59(71)53(46-77-79(73,74)75)65-56(69)44-63-60(72)58(47(5)9-4)66-55(68)41-48-42-61-52-36-33-32-35-51(48)52/h32-33,35-36,42,47,49-50,53,58,61H,6-31,34,37-41,43-46H2,1-5H3,(H,62,71)(H,63,72)(H,64,67)(H,65,69)(H,66,68)(H,73,74,75)/t47-,49-,50+,53-,58-/m0/s1. The number of aromatic amines is 1. The first-order valence-corrected chi connectivity index (χ1v) is 31.8. The number of carbonyl (C=O) groups is 6. The fourth-order valence-electron chi connectivity index (χ4n) is 9.49. The summed E-state index contributed by atoms with van der Waals surface area (Å²) in [4.78, 5) is 83.2. The third-order valence-corrected chi connectivity index (χ3v) is 14.9. The molecule has 5 amide bonds. The summed E-state index contributed by atoms with van der Waals surface area (Å²) in [5.41, 5.74) is 1.62. The monoisotopic (exact) mass is 1130 g/mol. The highest BCUT2D eigenvalue weighted by Gasteiger charge is 2.29. The normalized spacial score (nSPS) is 13.5. The molecular weight excluding hydrogens is 1030 g/mol. The van der Waals surface area contributed by atoms with E-state index in [9.17, 15) is 41.7 Å². The van der Waals surface area contributed by atoms with Gasteiger partial charge < -0.3 is 41.0 Å². The molecule has 0 unspecified atom stereocenters. The molecule has 0 aliphatic heterocycles. The zero-order valence-corrected chi connectivity index (χ0v) is 49.9. The van der Waals surface area contributed by atoms with Crippen molar-refractivity contribution in [1.29, 1.82) is 0 Å². The molecule has 0 aliphatic rings. The summed E-state index contributed by atoms with van der Waals surface area (Å²) in [6, 6.07) is 4.09. The van der Waals surface area contributed by atoms with Crippen LogP contribution >= 0.6 is 0 Å². The van der Waals surface area contributed by atoms with Crippen LogP contribution in [0.15, 0.2) is 30.5 Å². The van der Waals surface area contributed by atoms with Gasteiger partial charge in [-0.3, -0.25) is 33.3 Å². The number of nitrogens with one attached hydrogen (secondary N) is 6. The van der Waals surface area contributed by atoms with Crippen LogP contribution in [0.2, 0.25) is 0 Å². The second-order valence-electron chi connectivity index (χ2n) is 21.6. The number of carbonyl (C=O) groups excluding carboxylic acids is 6. The van der Waals surface area contributed by atoms with E-state index in [-0.39, 0.29) is 56.5 Å². The van der Waals surface area contributed by atoms with Crippen molar-refractivity contribution in [2.45, 2.75) is 258 Å². The van der Waals surface area contributed by atoms with Crippen LogP contribution in [0.4, 0.5) is 0 Å². The molecule has 2 aromatic rings. The van der Waals surface area contributed by atoms with Gasteiger partial charge in [-0.15, -0.1) is 0 Å². The van der Waals surface area contributed by atoms with E-state index in [1.165, 1.54) is 83.5 Å². The highest BCUT2D eigenvalue weighted by molar-refractivity contribution is 7.80. The fourth-order valence-corrected chi connectivity index (χ4v) is 9.80. The Morgan fingerprint density at radius 3 is 1.75 bits per heavy atom. The maximum Gasteiger partial charge on any atom is 0.397 e. The van der Waals surface area contributed by atoms with Crippen LogP contribution in [-0.2, 0) is 59.2 Å². The predicted molar refractivity (Wildman–Crippen MR) is 312 cm³/mol.